The van der Waals surface area contributed by atoms with Crippen molar-refractivity contribution in [3.05, 3.63) is 35.9 Å². The molecule has 0 bridgehead atoms. The number of ether oxygens (including phenoxy) is 1. The van der Waals surface area contributed by atoms with Gasteiger partial charge >= 0.3 is 5.97 Å². The quantitative estimate of drug-likeness (QED) is 0.740. The minimum atomic E-state index is -0.808. The fraction of sp³-hybridized carbons (Fsp3) is 0.500. The molecule has 1 aromatic carbocycles. The molecule has 0 aliphatic rings. The van der Waals surface area contributed by atoms with Crippen LogP contribution in [0.15, 0.2) is 30.3 Å². The Bertz CT molecular complexity index is 353. The number of carboxylic acids is 1. The molecule has 1 rings (SSSR count). The number of hydrogen-bond donors (Lipinski definition) is 2. The smallest absolute Gasteiger partial charge is 0.312 e. The van der Waals surface area contributed by atoms with Crippen LogP contribution >= 0.6 is 0 Å². The molecule has 0 radical (unpaired) electrons. The zero-order valence-corrected chi connectivity index (χ0v) is 10.9. The Hall–Kier alpha value is -1.39. The molecule has 0 amide bonds. The van der Waals surface area contributed by atoms with Crippen LogP contribution in [0.5, 0.6) is 0 Å². The van der Waals surface area contributed by atoms with Gasteiger partial charge in [-0.25, -0.2) is 0 Å². The van der Waals surface area contributed by atoms with Crippen LogP contribution in [-0.2, 0) is 9.53 Å². The second-order valence-electron chi connectivity index (χ2n) is 4.23. The molecule has 18 heavy (non-hydrogen) atoms. The van der Waals surface area contributed by atoms with Crippen molar-refractivity contribution in [2.45, 2.75) is 25.9 Å². The van der Waals surface area contributed by atoms with Crippen LogP contribution in [0.4, 0.5) is 0 Å². The van der Waals surface area contributed by atoms with Gasteiger partial charge in [0.25, 0.3) is 0 Å². The van der Waals surface area contributed by atoms with E-state index in [1.807, 2.05) is 44.2 Å². The van der Waals surface area contributed by atoms with Crippen LogP contribution in [0, 0.1) is 0 Å². The summed E-state index contributed by atoms with van der Waals surface area (Å²) in [7, 11) is 0. The summed E-state index contributed by atoms with van der Waals surface area (Å²) in [6.45, 7) is 5.65. The van der Waals surface area contributed by atoms with Crippen LogP contribution in [0.25, 0.3) is 0 Å². The highest BCUT2D eigenvalue weighted by Gasteiger charge is 2.19. The largest absolute Gasteiger partial charge is 0.481 e. The zero-order chi connectivity index (χ0) is 13.4. The van der Waals surface area contributed by atoms with Crippen LogP contribution in [-0.4, -0.2) is 36.9 Å². The van der Waals surface area contributed by atoms with Crippen molar-refractivity contribution in [2.75, 3.05) is 19.7 Å². The predicted octanol–water partition coefficient (Wildman–Crippen LogP) is 1.87. The molecule has 0 saturated carbocycles. The Morgan fingerprint density at radius 1 is 1.33 bits per heavy atom. The van der Waals surface area contributed by atoms with Gasteiger partial charge in [0.2, 0.25) is 0 Å². The molecule has 2 unspecified atom stereocenters. The van der Waals surface area contributed by atoms with E-state index in [0.717, 1.165) is 5.56 Å². The summed E-state index contributed by atoms with van der Waals surface area (Å²) in [4.78, 5) is 11.2. The van der Waals surface area contributed by atoms with E-state index >= 15 is 0 Å². The van der Waals surface area contributed by atoms with Crippen LogP contribution in [0.2, 0.25) is 0 Å². The van der Waals surface area contributed by atoms with Crippen LogP contribution in [0.3, 0.4) is 0 Å². The van der Waals surface area contributed by atoms with Gasteiger partial charge in [-0.2, -0.15) is 0 Å². The maximum Gasteiger partial charge on any atom is 0.312 e. The van der Waals surface area contributed by atoms with Gasteiger partial charge < -0.3 is 15.2 Å². The van der Waals surface area contributed by atoms with Crippen molar-refractivity contribution in [3.8, 4) is 0 Å². The first-order valence-electron chi connectivity index (χ1n) is 6.25. The van der Waals surface area contributed by atoms with E-state index in [1.165, 1.54) is 0 Å². The number of rotatable bonds is 8. The zero-order valence-electron chi connectivity index (χ0n) is 10.9. The Kier molecular flexibility index (Phi) is 6.39. The van der Waals surface area contributed by atoms with E-state index in [4.69, 9.17) is 4.74 Å². The van der Waals surface area contributed by atoms with E-state index in [1.54, 1.807) is 0 Å². The first kappa shape index (κ1) is 14.7. The Morgan fingerprint density at radius 2 is 2.00 bits per heavy atom. The summed E-state index contributed by atoms with van der Waals surface area (Å²) in [5.41, 5.74) is 0.821. The number of benzene rings is 1. The van der Waals surface area contributed by atoms with E-state index in [2.05, 4.69) is 5.32 Å². The monoisotopic (exact) mass is 251 g/mol. The summed E-state index contributed by atoms with van der Waals surface area (Å²) in [5, 5.41) is 12.4. The second kappa shape index (κ2) is 7.84. The predicted molar refractivity (Wildman–Crippen MR) is 70.8 cm³/mol. The fourth-order valence-electron chi connectivity index (χ4n) is 1.81. The maximum atomic E-state index is 11.2. The van der Waals surface area contributed by atoms with Gasteiger partial charge in [0.15, 0.2) is 0 Å². The van der Waals surface area contributed by atoms with Crippen molar-refractivity contribution < 1.29 is 14.6 Å². The number of carbonyl (C=O) groups is 1. The second-order valence-corrected chi connectivity index (χ2v) is 4.23. The van der Waals surface area contributed by atoms with Crippen LogP contribution < -0.4 is 5.32 Å². The van der Waals surface area contributed by atoms with Gasteiger partial charge in [0.1, 0.15) is 0 Å². The van der Waals surface area contributed by atoms with Crippen LogP contribution in [0.1, 0.15) is 25.3 Å². The molecule has 0 saturated heterocycles. The average molecular weight is 251 g/mol. The number of nitrogens with one attached hydrogen (secondary N) is 1. The van der Waals surface area contributed by atoms with Gasteiger partial charge in [-0.3, -0.25) is 4.79 Å². The molecule has 0 aliphatic heterocycles. The summed E-state index contributed by atoms with van der Waals surface area (Å²) in [6.07, 6.45) is 0.0974. The fourth-order valence-corrected chi connectivity index (χ4v) is 1.81. The molecule has 2 atom stereocenters. The SMILES string of the molecule is CCOC(C)CNCC(C(=O)O)c1ccccc1. The molecule has 100 valence electrons. The minimum absolute atomic E-state index is 0.0974. The Balaban J connectivity index is 2.48. The van der Waals surface area contributed by atoms with E-state index < -0.39 is 11.9 Å². The lowest BCUT2D eigenvalue weighted by atomic mass is 9.99. The number of aliphatic carboxylic acids is 1. The molecule has 2 N–H and O–H groups in total. The minimum Gasteiger partial charge on any atom is -0.481 e. The van der Waals surface area contributed by atoms with Crippen molar-refractivity contribution in [3.63, 3.8) is 0 Å². The van der Waals surface area contributed by atoms with Gasteiger partial charge in [-0.15, -0.1) is 0 Å². The Morgan fingerprint density at radius 3 is 2.56 bits per heavy atom. The van der Waals surface area contributed by atoms with Crippen molar-refractivity contribution in [2.24, 2.45) is 0 Å². The maximum absolute atomic E-state index is 11.2. The van der Waals surface area contributed by atoms with Crippen molar-refractivity contribution in [1.29, 1.82) is 0 Å². The summed E-state index contributed by atoms with van der Waals surface area (Å²) >= 11 is 0. The highest BCUT2D eigenvalue weighted by atomic mass is 16.5. The van der Waals surface area contributed by atoms with E-state index in [0.29, 0.717) is 19.7 Å². The summed E-state index contributed by atoms with van der Waals surface area (Å²) < 4.78 is 5.38. The first-order chi connectivity index (χ1) is 8.65. The van der Waals surface area contributed by atoms with Crippen molar-refractivity contribution in [1.82, 2.24) is 5.32 Å². The number of carboxylic acid groups (broad SMARTS) is 1. The van der Waals surface area contributed by atoms with Gasteiger partial charge in [-0.05, 0) is 19.4 Å². The lowest BCUT2D eigenvalue weighted by Gasteiger charge is -2.16. The summed E-state index contributed by atoms with van der Waals surface area (Å²) in [6, 6.07) is 9.27. The lowest BCUT2D eigenvalue weighted by molar-refractivity contribution is -0.138. The standard InChI is InChI=1S/C14H21NO3/c1-3-18-11(2)9-15-10-13(14(16)17)12-7-5-4-6-8-12/h4-8,11,13,15H,3,9-10H2,1-2H3,(H,16,17). The third kappa shape index (κ3) is 4.85. The number of hydrogen-bond acceptors (Lipinski definition) is 3. The van der Waals surface area contributed by atoms with E-state index in [9.17, 15) is 9.90 Å². The van der Waals surface area contributed by atoms with E-state index in [-0.39, 0.29) is 6.10 Å². The molecule has 0 fully saturated rings. The normalized spacial score (nSPS) is 14.1. The third-order valence-corrected chi connectivity index (χ3v) is 2.73. The van der Waals surface area contributed by atoms with Crippen molar-refractivity contribution >= 4 is 5.97 Å². The molecular weight excluding hydrogens is 230 g/mol. The van der Waals surface area contributed by atoms with Gasteiger partial charge in [0.05, 0.1) is 12.0 Å². The molecule has 4 heteroatoms. The highest BCUT2D eigenvalue weighted by molar-refractivity contribution is 5.76. The molecule has 0 spiro atoms. The molecule has 4 nitrogen and oxygen atoms in total. The highest BCUT2D eigenvalue weighted by Crippen LogP contribution is 2.14. The molecular formula is C14H21NO3. The third-order valence-electron chi connectivity index (χ3n) is 2.73. The summed E-state index contributed by atoms with van der Waals surface area (Å²) in [5.74, 6) is -1.32. The van der Waals surface area contributed by atoms with Gasteiger partial charge in [-0.1, -0.05) is 30.3 Å². The molecule has 0 aromatic heterocycles. The average Bonchev–Trinajstić information content (AvgIpc) is 2.35. The van der Waals surface area contributed by atoms with Gasteiger partial charge in [0, 0.05) is 19.7 Å². The Labute approximate surface area is 108 Å². The molecule has 0 heterocycles. The lowest BCUT2D eigenvalue weighted by Crippen LogP contribution is -2.32. The molecule has 0 aliphatic carbocycles. The topological polar surface area (TPSA) is 58.6 Å². The molecule has 1 aromatic rings. The first-order valence-corrected chi connectivity index (χ1v) is 6.25.